The summed E-state index contributed by atoms with van der Waals surface area (Å²) in [6, 6.07) is 9.18. The first-order chi connectivity index (χ1) is 11.5. The van der Waals surface area contributed by atoms with Crippen molar-refractivity contribution in [3.63, 3.8) is 0 Å². The maximum Gasteiger partial charge on any atom is 0.459 e. The molecule has 0 radical (unpaired) electrons. The molecule has 0 bridgehead atoms. The Balaban J connectivity index is 1.90. The van der Waals surface area contributed by atoms with Crippen LogP contribution in [0, 0.1) is 0 Å². The molecule has 3 rings (SSSR count). The summed E-state index contributed by atoms with van der Waals surface area (Å²) in [4.78, 5) is 14.7. The Morgan fingerprint density at radius 2 is 2.21 bits per heavy atom. The minimum Gasteiger partial charge on any atom is -0.483 e. The van der Waals surface area contributed by atoms with Crippen LogP contribution in [-0.2, 0) is 0 Å². The summed E-state index contributed by atoms with van der Waals surface area (Å²) < 4.78 is 7.73. The predicted molar refractivity (Wildman–Crippen MR) is 91.9 cm³/mol. The van der Waals surface area contributed by atoms with Gasteiger partial charge in [-0.25, -0.2) is 0 Å². The molecule has 1 N–H and O–H groups in total. The third kappa shape index (κ3) is 3.62. The lowest BCUT2D eigenvalue weighted by Crippen LogP contribution is -2.32. The van der Waals surface area contributed by atoms with Crippen molar-refractivity contribution in [2.45, 2.75) is 13.0 Å². The van der Waals surface area contributed by atoms with Gasteiger partial charge in [0, 0.05) is 25.2 Å². The lowest BCUT2D eigenvalue weighted by Gasteiger charge is -2.13. The molecule has 1 atom stereocenters. The van der Waals surface area contributed by atoms with Gasteiger partial charge in [-0.2, -0.15) is 10.1 Å². The molecule has 0 saturated carbocycles. The highest BCUT2D eigenvalue weighted by Crippen LogP contribution is 2.22. The Hall–Kier alpha value is -2.67. The predicted octanol–water partition coefficient (Wildman–Crippen LogP) is 2.56. The van der Waals surface area contributed by atoms with E-state index < -0.39 is 0 Å². The lowest BCUT2D eigenvalue weighted by molar-refractivity contribution is -0.591. The highest BCUT2D eigenvalue weighted by atomic mass is 35.5. The Morgan fingerprint density at radius 1 is 1.38 bits per heavy atom. The van der Waals surface area contributed by atoms with Crippen molar-refractivity contribution < 1.29 is 9.25 Å². The summed E-state index contributed by atoms with van der Waals surface area (Å²) in [5.74, 6) is 1.70. The van der Waals surface area contributed by atoms with Gasteiger partial charge in [-0.1, -0.05) is 22.7 Å². The van der Waals surface area contributed by atoms with E-state index in [0.29, 0.717) is 22.5 Å². The van der Waals surface area contributed by atoms with Crippen LogP contribution in [0.2, 0.25) is 5.02 Å². The molecule has 0 aliphatic carbocycles. The SMILES string of the molecule is C[C@H](Oc1cccc(Cl)c1)c1ccnc2nc(N=CN(C)C)[nH][n+]12. The van der Waals surface area contributed by atoms with Crippen LogP contribution in [0.25, 0.3) is 5.78 Å². The topological polar surface area (TPSA) is 70.5 Å². The van der Waals surface area contributed by atoms with Gasteiger partial charge in [0.05, 0.1) is 6.34 Å². The second-order valence-corrected chi connectivity index (χ2v) is 5.91. The molecule has 0 unspecified atom stereocenters. The molecule has 0 amide bonds. The number of hydrogen-bond acceptors (Lipinski definition) is 4. The Kier molecular flexibility index (Phi) is 4.61. The molecule has 0 saturated heterocycles. The first kappa shape index (κ1) is 16.2. The average molecular weight is 346 g/mol. The maximum atomic E-state index is 6.00. The van der Waals surface area contributed by atoms with Gasteiger partial charge >= 0.3 is 11.7 Å². The zero-order valence-corrected chi connectivity index (χ0v) is 14.4. The van der Waals surface area contributed by atoms with Gasteiger partial charge < -0.3 is 9.64 Å². The van der Waals surface area contributed by atoms with Gasteiger partial charge in [0.2, 0.25) is 0 Å². The van der Waals surface area contributed by atoms with Crippen molar-refractivity contribution in [1.82, 2.24) is 20.0 Å². The van der Waals surface area contributed by atoms with Gasteiger partial charge in [-0.3, -0.25) is 0 Å². The van der Waals surface area contributed by atoms with Gasteiger partial charge in [-0.15, -0.1) is 4.52 Å². The number of hydrogen-bond donors (Lipinski definition) is 1. The number of nitrogens with zero attached hydrogens (tertiary/aromatic N) is 5. The van der Waals surface area contributed by atoms with Gasteiger partial charge in [0.1, 0.15) is 17.6 Å². The van der Waals surface area contributed by atoms with Crippen LogP contribution in [-0.4, -0.2) is 40.4 Å². The number of aliphatic imine (C=N–C) groups is 1. The Bertz CT molecular complexity index is 876. The first-order valence-electron chi connectivity index (χ1n) is 7.42. The van der Waals surface area contributed by atoms with Crippen LogP contribution < -0.4 is 9.25 Å². The quantitative estimate of drug-likeness (QED) is 0.438. The average Bonchev–Trinajstić information content (AvgIpc) is 2.95. The summed E-state index contributed by atoms with van der Waals surface area (Å²) in [5.41, 5.74) is 0.874. The monoisotopic (exact) mass is 345 g/mol. The van der Waals surface area contributed by atoms with Crippen LogP contribution in [0.15, 0.2) is 41.5 Å². The summed E-state index contributed by atoms with van der Waals surface area (Å²) in [6.45, 7) is 1.95. The van der Waals surface area contributed by atoms with Crippen LogP contribution >= 0.6 is 11.6 Å². The fourth-order valence-corrected chi connectivity index (χ4v) is 2.37. The van der Waals surface area contributed by atoms with Crippen molar-refractivity contribution >= 4 is 29.7 Å². The van der Waals surface area contributed by atoms with Crippen molar-refractivity contribution in [2.75, 3.05) is 14.1 Å². The van der Waals surface area contributed by atoms with Gasteiger partial charge in [0.15, 0.2) is 6.10 Å². The molecular weight excluding hydrogens is 328 g/mol. The summed E-state index contributed by atoms with van der Waals surface area (Å²) in [7, 11) is 3.79. The second kappa shape index (κ2) is 6.84. The second-order valence-electron chi connectivity index (χ2n) is 5.48. The summed E-state index contributed by atoms with van der Waals surface area (Å²) >= 11 is 6.00. The number of halogens is 1. The molecule has 124 valence electrons. The van der Waals surface area contributed by atoms with Crippen LogP contribution in [0.4, 0.5) is 5.95 Å². The zero-order chi connectivity index (χ0) is 17.1. The Labute approximate surface area is 144 Å². The van der Waals surface area contributed by atoms with Crippen molar-refractivity contribution in [2.24, 2.45) is 4.99 Å². The number of rotatable bonds is 5. The molecule has 1 aromatic carbocycles. The third-order valence-corrected chi connectivity index (χ3v) is 3.48. The number of ether oxygens (including phenoxy) is 1. The van der Waals surface area contributed by atoms with E-state index in [1.54, 1.807) is 23.1 Å². The van der Waals surface area contributed by atoms with E-state index in [4.69, 9.17) is 16.3 Å². The first-order valence-corrected chi connectivity index (χ1v) is 7.80. The highest BCUT2D eigenvalue weighted by molar-refractivity contribution is 6.30. The van der Waals surface area contributed by atoms with E-state index in [1.807, 2.05) is 50.2 Å². The zero-order valence-electron chi connectivity index (χ0n) is 13.6. The van der Waals surface area contributed by atoms with Crippen molar-refractivity contribution in [1.29, 1.82) is 0 Å². The third-order valence-electron chi connectivity index (χ3n) is 3.25. The number of fused-ring (bicyclic) bond motifs is 1. The van der Waals surface area contributed by atoms with Crippen LogP contribution in [0.1, 0.15) is 18.7 Å². The smallest absolute Gasteiger partial charge is 0.459 e. The molecular formula is C16H18ClN6O+. The maximum absolute atomic E-state index is 6.00. The summed E-state index contributed by atoms with van der Waals surface area (Å²) in [6.07, 6.45) is 3.14. The normalized spacial score (nSPS) is 12.7. The van der Waals surface area contributed by atoms with E-state index in [9.17, 15) is 0 Å². The fraction of sp³-hybridized carbons (Fsp3) is 0.250. The van der Waals surface area contributed by atoms with Crippen LogP contribution in [0.3, 0.4) is 0 Å². The number of nitrogens with one attached hydrogen (secondary N) is 1. The molecule has 8 heteroatoms. The number of aromatic amines is 1. The minimum atomic E-state index is -0.231. The molecule has 0 fully saturated rings. The number of benzene rings is 1. The van der Waals surface area contributed by atoms with E-state index in [1.165, 1.54) is 0 Å². The minimum absolute atomic E-state index is 0.231. The van der Waals surface area contributed by atoms with Crippen LogP contribution in [0.5, 0.6) is 5.75 Å². The van der Waals surface area contributed by atoms with E-state index in [2.05, 4.69) is 20.1 Å². The molecule has 0 aliphatic heterocycles. The fourth-order valence-electron chi connectivity index (χ4n) is 2.19. The lowest BCUT2D eigenvalue weighted by atomic mass is 10.2. The van der Waals surface area contributed by atoms with E-state index in [0.717, 1.165) is 5.69 Å². The highest BCUT2D eigenvalue weighted by Gasteiger charge is 2.20. The Morgan fingerprint density at radius 3 is 2.96 bits per heavy atom. The molecule has 7 nitrogen and oxygen atoms in total. The molecule has 24 heavy (non-hydrogen) atoms. The van der Waals surface area contributed by atoms with Crippen molar-refractivity contribution in [3.05, 3.63) is 47.2 Å². The van der Waals surface area contributed by atoms with E-state index >= 15 is 0 Å². The largest absolute Gasteiger partial charge is 0.483 e. The standard InChI is InChI=1S/C16H17ClN6O/c1-11(24-13-6-4-5-12(17)9-13)14-7-8-18-16-20-15(21-23(14)16)19-10-22(2)3/h4-11H,1-3H3/p+1/t11-/m0/s1. The van der Waals surface area contributed by atoms with Gasteiger partial charge in [0.25, 0.3) is 0 Å². The number of aromatic nitrogens is 4. The molecule has 2 heterocycles. The van der Waals surface area contributed by atoms with E-state index in [-0.39, 0.29) is 6.10 Å². The molecule has 2 aromatic heterocycles. The van der Waals surface area contributed by atoms with Gasteiger partial charge in [-0.05, 0) is 30.1 Å². The summed E-state index contributed by atoms with van der Waals surface area (Å²) in [5, 5.41) is 3.74. The molecule has 0 aliphatic rings. The molecule has 3 aromatic rings. The molecule has 0 spiro atoms. The number of H-pyrrole nitrogens is 1. The van der Waals surface area contributed by atoms with Crippen molar-refractivity contribution in [3.8, 4) is 5.75 Å².